The van der Waals surface area contributed by atoms with Crippen molar-refractivity contribution in [2.45, 2.75) is 85.5 Å². The molecule has 0 aromatic heterocycles. The summed E-state index contributed by atoms with van der Waals surface area (Å²) in [6.45, 7) is 8.86. The summed E-state index contributed by atoms with van der Waals surface area (Å²) in [7, 11) is 0. The summed E-state index contributed by atoms with van der Waals surface area (Å²) < 4.78 is 10.5. The van der Waals surface area contributed by atoms with E-state index in [1.54, 1.807) is 19.1 Å². The summed E-state index contributed by atoms with van der Waals surface area (Å²) in [5.74, 6) is -0.584. The smallest absolute Gasteiger partial charge is 0.349 e. The molecule has 6 heteroatoms. The molecule has 0 spiro atoms. The molecule has 3 rings (SSSR count). The van der Waals surface area contributed by atoms with Crippen molar-refractivity contribution in [3.05, 3.63) is 107 Å². The number of nitriles is 1. The predicted octanol–water partition coefficient (Wildman–Crippen LogP) is 9.46. The van der Waals surface area contributed by atoms with Crippen LogP contribution in [0.15, 0.2) is 84.4 Å². The van der Waals surface area contributed by atoms with Gasteiger partial charge in [-0.1, -0.05) is 132 Å². The molecule has 0 heterocycles. The third kappa shape index (κ3) is 12.3. The highest BCUT2D eigenvalue weighted by Crippen LogP contribution is 2.28. The number of phenols is 1. The largest absolute Gasteiger partial charge is 0.507 e. The summed E-state index contributed by atoms with van der Waals surface area (Å²) in [6.07, 6.45) is 9.63. The molecule has 0 saturated heterocycles. The Bertz CT molecular complexity index is 1330. The molecule has 3 aromatic rings. The number of para-hydroxylation sites is 1. The van der Waals surface area contributed by atoms with Gasteiger partial charge in [-0.25, -0.2) is 9.59 Å². The van der Waals surface area contributed by atoms with Gasteiger partial charge in [0.15, 0.2) is 0 Å². The van der Waals surface area contributed by atoms with E-state index in [1.807, 2.05) is 66.7 Å². The third-order valence-electron chi connectivity index (χ3n) is 7.60. The lowest BCUT2D eigenvalue weighted by atomic mass is 9.93. The maximum Gasteiger partial charge on any atom is 0.349 e. The number of unbranched alkanes of at least 4 members (excludes halogenated alkanes) is 4. The van der Waals surface area contributed by atoms with E-state index in [-0.39, 0.29) is 16.9 Å². The number of ether oxygens (including phenoxy) is 2. The Hall–Kier alpha value is -4.37. The van der Waals surface area contributed by atoms with Crippen molar-refractivity contribution in [2.24, 2.45) is 5.92 Å². The van der Waals surface area contributed by atoms with E-state index in [4.69, 9.17) is 9.47 Å². The summed E-state index contributed by atoms with van der Waals surface area (Å²) in [6, 6.07) is 26.4. The second-order valence-electron chi connectivity index (χ2n) is 11.0. The van der Waals surface area contributed by atoms with Crippen LogP contribution in [0.25, 0.3) is 5.57 Å². The summed E-state index contributed by atoms with van der Waals surface area (Å²) in [4.78, 5) is 24.4. The van der Waals surface area contributed by atoms with E-state index in [1.165, 1.54) is 12.8 Å². The molecule has 0 aliphatic heterocycles. The second-order valence-corrected chi connectivity index (χ2v) is 11.0. The monoisotopic (exact) mass is 611 g/mol. The average molecular weight is 612 g/mol. The lowest BCUT2D eigenvalue weighted by molar-refractivity contribution is -0.139. The minimum absolute atomic E-state index is 0.0535. The van der Waals surface area contributed by atoms with Crippen LogP contribution in [-0.4, -0.2) is 30.3 Å². The minimum atomic E-state index is -0.546. The zero-order chi connectivity index (χ0) is 32.9. The van der Waals surface area contributed by atoms with Crippen molar-refractivity contribution in [3.8, 4) is 11.8 Å². The van der Waals surface area contributed by atoms with Crippen LogP contribution < -0.4 is 0 Å². The van der Waals surface area contributed by atoms with E-state index in [0.717, 1.165) is 61.6 Å². The van der Waals surface area contributed by atoms with Crippen LogP contribution in [0.2, 0.25) is 0 Å². The van der Waals surface area contributed by atoms with Crippen LogP contribution >= 0.6 is 0 Å². The highest BCUT2D eigenvalue weighted by Gasteiger charge is 2.21. The Morgan fingerprint density at radius 2 is 1.40 bits per heavy atom. The van der Waals surface area contributed by atoms with Gasteiger partial charge in [-0.05, 0) is 54.9 Å². The molecule has 45 heavy (non-hydrogen) atoms. The minimum Gasteiger partial charge on any atom is -0.507 e. The van der Waals surface area contributed by atoms with Gasteiger partial charge < -0.3 is 14.6 Å². The van der Waals surface area contributed by atoms with Gasteiger partial charge in [0.05, 0.1) is 13.2 Å². The first-order valence-electron chi connectivity index (χ1n) is 16.3. The lowest BCUT2D eigenvalue weighted by Gasteiger charge is -2.16. The van der Waals surface area contributed by atoms with Gasteiger partial charge in [0, 0.05) is 5.57 Å². The Labute approximate surface area is 269 Å². The zero-order valence-electron chi connectivity index (χ0n) is 27.4. The van der Waals surface area contributed by atoms with Crippen molar-refractivity contribution in [3.63, 3.8) is 0 Å². The number of phenolic OH excluding ortho intramolecular Hbond substituents is 1. The molecule has 1 atom stereocenters. The average Bonchev–Trinajstić information content (AvgIpc) is 3.07. The number of aromatic hydroxyl groups is 1. The highest BCUT2D eigenvalue weighted by molar-refractivity contribution is 6.05. The number of carbonyl (C=O) groups excluding carboxylic acids is 2. The van der Waals surface area contributed by atoms with Crippen LogP contribution in [0.3, 0.4) is 0 Å². The number of nitrogens with zero attached hydrogens (tertiary/aromatic N) is 1. The summed E-state index contributed by atoms with van der Waals surface area (Å²) in [5.41, 5.74) is 3.43. The van der Waals surface area contributed by atoms with Crippen LogP contribution in [-0.2, 0) is 20.7 Å². The van der Waals surface area contributed by atoms with Crippen molar-refractivity contribution in [2.75, 3.05) is 13.2 Å². The highest BCUT2D eigenvalue weighted by atomic mass is 16.5. The van der Waals surface area contributed by atoms with E-state index in [2.05, 4.69) is 26.8 Å². The number of hydrogen-bond acceptors (Lipinski definition) is 6. The molecular formula is C39H49NO5. The first kappa shape index (κ1) is 36.8. The van der Waals surface area contributed by atoms with Crippen molar-refractivity contribution >= 4 is 17.5 Å². The molecule has 240 valence electrons. The number of hydrogen-bond donors (Lipinski definition) is 1. The quantitative estimate of drug-likeness (QED) is 0.0750. The summed E-state index contributed by atoms with van der Waals surface area (Å²) in [5, 5.41) is 19.8. The zero-order valence-corrected chi connectivity index (χ0v) is 27.4. The Morgan fingerprint density at radius 3 is 1.93 bits per heavy atom. The molecule has 1 unspecified atom stereocenters. The van der Waals surface area contributed by atoms with Crippen molar-refractivity contribution in [1.29, 1.82) is 5.26 Å². The van der Waals surface area contributed by atoms with Crippen LogP contribution in [0.1, 0.15) is 106 Å². The number of aryl methyl sites for hydroxylation is 1. The summed E-state index contributed by atoms with van der Waals surface area (Å²) >= 11 is 0. The predicted molar refractivity (Wildman–Crippen MR) is 181 cm³/mol. The molecule has 3 aromatic carbocycles. The normalized spacial score (nSPS) is 10.9. The third-order valence-corrected chi connectivity index (χ3v) is 7.60. The molecule has 6 nitrogen and oxygen atoms in total. The second kappa shape index (κ2) is 21.4. The van der Waals surface area contributed by atoms with Gasteiger partial charge >= 0.3 is 11.9 Å². The fraction of sp³-hybridized carbons (Fsp3) is 0.410. The van der Waals surface area contributed by atoms with Gasteiger partial charge in [0.25, 0.3) is 0 Å². The number of rotatable bonds is 16. The molecule has 0 amide bonds. The number of carbonyl (C=O) groups is 2. The molecule has 0 bridgehead atoms. The Balaban J connectivity index is 0.000000341. The van der Waals surface area contributed by atoms with Crippen LogP contribution in [0.4, 0.5) is 0 Å². The SMILES string of the molecule is CCCCC(CC)COC(=O)C(C#N)=C(c1ccccc1)c1ccccc1.CCCCCCc1cccc(C(=O)OCC)c1O. The van der Waals surface area contributed by atoms with Gasteiger partial charge in [-0.3, -0.25) is 0 Å². The van der Waals surface area contributed by atoms with Gasteiger partial charge in [-0.15, -0.1) is 0 Å². The molecule has 0 aliphatic carbocycles. The maximum atomic E-state index is 12.8. The molecule has 0 saturated carbocycles. The standard InChI is InChI=1S/C24H27NO2.C15H22O3/c1-3-5-12-19(4-2)18-27-24(26)22(17-25)23(20-13-8-6-9-14-20)21-15-10-7-11-16-21;1-3-5-6-7-9-12-10-8-11-13(14(12)16)15(17)18-4-2/h6-11,13-16,19H,3-5,12,18H2,1-2H3;8,10-11,16H,3-7,9H2,1-2H3. The van der Waals surface area contributed by atoms with Crippen molar-refractivity contribution < 1.29 is 24.2 Å². The lowest BCUT2D eigenvalue weighted by Crippen LogP contribution is -2.16. The molecule has 1 N–H and O–H groups in total. The van der Waals surface area contributed by atoms with Crippen LogP contribution in [0.5, 0.6) is 5.75 Å². The van der Waals surface area contributed by atoms with E-state index < -0.39 is 11.9 Å². The van der Waals surface area contributed by atoms with Crippen LogP contribution in [0, 0.1) is 17.2 Å². The van der Waals surface area contributed by atoms with Gasteiger partial charge in [0.1, 0.15) is 23.0 Å². The molecular weight excluding hydrogens is 562 g/mol. The van der Waals surface area contributed by atoms with Gasteiger partial charge in [0.2, 0.25) is 0 Å². The van der Waals surface area contributed by atoms with E-state index >= 15 is 0 Å². The molecule has 0 radical (unpaired) electrons. The first-order valence-corrected chi connectivity index (χ1v) is 16.3. The van der Waals surface area contributed by atoms with E-state index in [9.17, 15) is 20.0 Å². The van der Waals surface area contributed by atoms with E-state index in [0.29, 0.717) is 24.7 Å². The van der Waals surface area contributed by atoms with Crippen molar-refractivity contribution in [1.82, 2.24) is 0 Å². The molecule has 0 aliphatic rings. The number of benzene rings is 3. The Kier molecular flexibility index (Phi) is 17.5. The fourth-order valence-electron chi connectivity index (χ4n) is 4.94. The molecule has 0 fully saturated rings. The fourth-order valence-corrected chi connectivity index (χ4v) is 4.94. The maximum absolute atomic E-state index is 12.8. The van der Waals surface area contributed by atoms with Gasteiger partial charge in [-0.2, -0.15) is 5.26 Å². The topological polar surface area (TPSA) is 96.6 Å². The first-order chi connectivity index (χ1) is 21.9. The number of esters is 2. The Morgan fingerprint density at radius 1 is 0.778 bits per heavy atom.